The molecule has 1 saturated heterocycles. The fourth-order valence-corrected chi connectivity index (χ4v) is 2.25. The van der Waals surface area contributed by atoms with Gasteiger partial charge in [0.2, 0.25) is 0 Å². The van der Waals surface area contributed by atoms with E-state index in [0.29, 0.717) is 6.61 Å². The third-order valence-corrected chi connectivity index (χ3v) is 3.22. The van der Waals surface area contributed by atoms with Crippen LogP contribution in [0.4, 0.5) is 4.79 Å². The van der Waals surface area contributed by atoms with Gasteiger partial charge in [-0.25, -0.2) is 4.79 Å². The molecule has 1 aliphatic rings. The second-order valence-corrected chi connectivity index (χ2v) is 6.33. The molecule has 5 heteroatoms. The van der Waals surface area contributed by atoms with Crippen LogP contribution in [0.1, 0.15) is 46.5 Å². The number of nitrogens with zero attached hydrogens (tertiary/aromatic N) is 1. The first-order chi connectivity index (χ1) is 8.44. The summed E-state index contributed by atoms with van der Waals surface area (Å²) in [7, 11) is 0. The Balaban J connectivity index is 2.36. The van der Waals surface area contributed by atoms with Crippen LogP contribution in [0.2, 0.25) is 0 Å². The van der Waals surface area contributed by atoms with Crippen LogP contribution in [-0.4, -0.2) is 41.3 Å². The van der Waals surface area contributed by atoms with Crippen molar-refractivity contribution in [1.29, 1.82) is 0 Å². The predicted molar refractivity (Wildman–Crippen MR) is 74.9 cm³/mol. The van der Waals surface area contributed by atoms with Gasteiger partial charge < -0.3 is 9.47 Å². The van der Waals surface area contributed by atoms with Gasteiger partial charge in [0.1, 0.15) is 11.8 Å². The van der Waals surface area contributed by atoms with Gasteiger partial charge >= 0.3 is 6.09 Å². The molecule has 0 aromatic carbocycles. The van der Waals surface area contributed by atoms with Crippen LogP contribution in [0.3, 0.4) is 0 Å². The summed E-state index contributed by atoms with van der Waals surface area (Å²) in [4.78, 5) is 13.7. The largest absolute Gasteiger partial charge is 0.444 e. The zero-order valence-electron chi connectivity index (χ0n) is 11.6. The SMILES string of the molecule is CC(C)(C)OC(=O)N1CCCC1OCCCCBr. The first-order valence-electron chi connectivity index (χ1n) is 6.61. The monoisotopic (exact) mass is 321 g/mol. The molecule has 0 aliphatic carbocycles. The molecule has 4 nitrogen and oxygen atoms in total. The van der Waals surface area contributed by atoms with Gasteiger partial charge in [0.25, 0.3) is 0 Å². The van der Waals surface area contributed by atoms with Gasteiger partial charge in [-0.05, 0) is 46.5 Å². The molecule has 1 rings (SSSR count). The van der Waals surface area contributed by atoms with Gasteiger partial charge in [0, 0.05) is 18.5 Å². The van der Waals surface area contributed by atoms with Crippen molar-refractivity contribution in [2.24, 2.45) is 0 Å². The van der Waals surface area contributed by atoms with Crippen LogP contribution in [-0.2, 0) is 9.47 Å². The molecule has 1 atom stereocenters. The summed E-state index contributed by atoms with van der Waals surface area (Å²) < 4.78 is 11.1. The lowest BCUT2D eigenvalue weighted by Crippen LogP contribution is -2.41. The Bertz CT molecular complexity index is 265. The molecule has 106 valence electrons. The number of likely N-dealkylation sites (tertiary alicyclic amines) is 1. The highest BCUT2D eigenvalue weighted by Crippen LogP contribution is 2.21. The van der Waals surface area contributed by atoms with Crippen LogP contribution in [0.5, 0.6) is 0 Å². The summed E-state index contributed by atoms with van der Waals surface area (Å²) in [5.74, 6) is 0. The van der Waals surface area contributed by atoms with Crippen molar-refractivity contribution in [3.8, 4) is 0 Å². The predicted octanol–water partition coefficient (Wildman–Crippen LogP) is 3.54. The minimum Gasteiger partial charge on any atom is -0.444 e. The third kappa shape index (κ3) is 5.57. The number of carbonyl (C=O) groups is 1. The second kappa shape index (κ2) is 7.34. The minimum absolute atomic E-state index is 0.102. The number of amides is 1. The van der Waals surface area contributed by atoms with Gasteiger partial charge in [-0.15, -0.1) is 0 Å². The second-order valence-electron chi connectivity index (χ2n) is 5.54. The van der Waals surface area contributed by atoms with Crippen molar-refractivity contribution in [3.05, 3.63) is 0 Å². The molecule has 0 aromatic rings. The molecule has 0 bridgehead atoms. The smallest absolute Gasteiger partial charge is 0.412 e. The first-order valence-corrected chi connectivity index (χ1v) is 7.73. The van der Waals surface area contributed by atoms with E-state index >= 15 is 0 Å². The highest BCUT2D eigenvalue weighted by molar-refractivity contribution is 9.09. The van der Waals surface area contributed by atoms with E-state index in [0.717, 1.165) is 37.6 Å². The van der Waals surface area contributed by atoms with Crippen molar-refractivity contribution in [3.63, 3.8) is 0 Å². The maximum atomic E-state index is 12.0. The van der Waals surface area contributed by atoms with E-state index < -0.39 is 5.60 Å². The van der Waals surface area contributed by atoms with E-state index in [2.05, 4.69) is 15.9 Å². The highest BCUT2D eigenvalue weighted by atomic mass is 79.9. The Morgan fingerprint density at radius 1 is 1.39 bits per heavy atom. The fourth-order valence-electron chi connectivity index (χ4n) is 1.85. The molecule has 1 amide bonds. The molecule has 1 heterocycles. The summed E-state index contributed by atoms with van der Waals surface area (Å²) in [5.41, 5.74) is -0.444. The summed E-state index contributed by atoms with van der Waals surface area (Å²) in [6, 6.07) is 0. The number of unbranched alkanes of at least 4 members (excludes halogenated alkanes) is 1. The third-order valence-electron chi connectivity index (χ3n) is 2.66. The van der Waals surface area contributed by atoms with Gasteiger partial charge in [-0.2, -0.15) is 0 Å². The average molecular weight is 322 g/mol. The van der Waals surface area contributed by atoms with Crippen LogP contribution < -0.4 is 0 Å². The molecule has 1 fully saturated rings. The number of hydrogen-bond acceptors (Lipinski definition) is 3. The Kier molecular flexibility index (Phi) is 6.43. The van der Waals surface area contributed by atoms with Crippen LogP contribution in [0.15, 0.2) is 0 Å². The number of ether oxygens (including phenoxy) is 2. The average Bonchev–Trinajstić information content (AvgIpc) is 2.70. The Labute approximate surface area is 118 Å². The van der Waals surface area contributed by atoms with E-state index in [9.17, 15) is 4.79 Å². The van der Waals surface area contributed by atoms with E-state index in [1.54, 1.807) is 4.90 Å². The molecule has 0 saturated carbocycles. The first kappa shape index (κ1) is 15.8. The van der Waals surface area contributed by atoms with Crippen molar-refractivity contribution in [2.75, 3.05) is 18.5 Å². The van der Waals surface area contributed by atoms with Crippen LogP contribution in [0.25, 0.3) is 0 Å². The van der Waals surface area contributed by atoms with Crippen molar-refractivity contribution < 1.29 is 14.3 Å². The number of carbonyl (C=O) groups excluding carboxylic acids is 1. The van der Waals surface area contributed by atoms with Gasteiger partial charge in [-0.3, -0.25) is 4.90 Å². The maximum absolute atomic E-state index is 12.0. The van der Waals surface area contributed by atoms with E-state index in [4.69, 9.17) is 9.47 Å². The number of hydrogen-bond donors (Lipinski definition) is 0. The molecule has 18 heavy (non-hydrogen) atoms. The number of rotatable bonds is 5. The van der Waals surface area contributed by atoms with Crippen LogP contribution >= 0.6 is 15.9 Å². The topological polar surface area (TPSA) is 38.8 Å². The summed E-state index contributed by atoms with van der Waals surface area (Å²) in [5, 5.41) is 0.997. The van der Waals surface area contributed by atoms with Gasteiger partial charge in [0.15, 0.2) is 0 Å². The summed E-state index contributed by atoms with van der Waals surface area (Å²) >= 11 is 3.39. The number of halogens is 1. The van der Waals surface area contributed by atoms with E-state index in [-0.39, 0.29) is 12.3 Å². The van der Waals surface area contributed by atoms with E-state index in [1.807, 2.05) is 20.8 Å². The normalized spacial score (nSPS) is 20.2. The number of alkyl halides is 1. The Morgan fingerprint density at radius 3 is 2.72 bits per heavy atom. The Morgan fingerprint density at radius 2 is 2.11 bits per heavy atom. The molecule has 0 aromatic heterocycles. The lowest BCUT2D eigenvalue weighted by molar-refractivity contribution is -0.0494. The zero-order chi connectivity index (χ0) is 13.6. The highest BCUT2D eigenvalue weighted by Gasteiger charge is 2.32. The van der Waals surface area contributed by atoms with Gasteiger partial charge in [0.05, 0.1) is 0 Å². The fraction of sp³-hybridized carbons (Fsp3) is 0.923. The molecule has 1 aliphatic heterocycles. The lowest BCUT2D eigenvalue weighted by atomic mass is 10.2. The van der Waals surface area contributed by atoms with E-state index in [1.165, 1.54) is 0 Å². The van der Waals surface area contributed by atoms with Gasteiger partial charge in [-0.1, -0.05) is 15.9 Å². The molecular formula is C13H24BrNO3. The molecule has 0 spiro atoms. The van der Waals surface area contributed by atoms with Crippen molar-refractivity contribution >= 4 is 22.0 Å². The zero-order valence-corrected chi connectivity index (χ0v) is 13.2. The van der Waals surface area contributed by atoms with Crippen molar-refractivity contribution in [1.82, 2.24) is 4.90 Å². The molecular weight excluding hydrogens is 298 g/mol. The molecule has 0 radical (unpaired) electrons. The quantitative estimate of drug-likeness (QED) is 0.574. The molecule has 1 unspecified atom stereocenters. The van der Waals surface area contributed by atoms with Crippen molar-refractivity contribution in [2.45, 2.75) is 58.3 Å². The standard InChI is InChI=1S/C13H24BrNO3/c1-13(2,3)18-12(16)15-9-6-7-11(15)17-10-5-4-8-14/h11H,4-10H2,1-3H3. The lowest BCUT2D eigenvalue weighted by Gasteiger charge is -2.28. The molecule has 0 N–H and O–H groups in total. The maximum Gasteiger partial charge on any atom is 0.412 e. The Hall–Kier alpha value is -0.290. The minimum atomic E-state index is -0.444. The summed E-state index contributed by atoms with van der Waals surface area (Å²) in [6.45, 7) is 7.08. The van der Waals surface area contributed by atoms with Crippen LogP contribution in [0, 0.1) is 0 Å². The summed E-state index contributed by atoms with van der Waals surface area (Å²) in [6.07, 6.45) is 3.65.